The summed E-state index contributed by atoms with van der Waals surface area (Å²) in [4.78, 5) is 2.24. The Morgan fingerprint density at radius 3 is 2.20 bits per heavy atom. The summed E-state index contributed by atoms with van der Waals surface area (Å²) in [5.41, 5.74) is 3.33. The maximum absolute atomic E-state index is 14.2. The Kier molecular flexibility index (Phi) is 7.11. The van der Waals surface area contributed by atoms with Crippen molar-refractivity contribution in [2.24, 2.45) is 0 Å². The molecule has 0 fully saturated rings. The van der Waals surface area contributed by atoms with Gasteiger partial charge >= 0.3 is 0 Å². The fourth-order valence-corrected chi connectivity index (χ4v) is 2.97. The summed E-state index contributed by atoms with van der Waals surface area (Å²) in [6, 6.07) is 5.71. The van der Waals surface area contributed by atoms with Crippen molar-refractivity contribution in [3.05, 3.63) is 52.9 Å². The van der Waals surface area contributed by atoms with Crippen molar-refractivity contribution < 1.29 is 18.3 Å². The summed E-state index contributed by atoms with van der Waals surface area (Å²) >= 11 is 0. The second-order valence-electron chi connectivity index (χ2n) is 6.09. The second-order valence-corrected chi connectivity index (χ2v) is 6.09. The van der Waals surface area contributed by atoms with Crippen molar-refractivity contribution in [1.82, 2.24) is 9.47 Å². The van der Waals surface area contributed by atoms with E-state index in [-0.39, 0.29) is 0 Å². The Labute approximate surface area is 148 Å². The lowest BCUT2D eigenvalue weighted by Crippen LogP contribution is -2.30. The van der Waals surface area contributed by atoms with Crippen LogP contribution in [0, 0.1) is 25.5 Å². The van der Waals surface area contributed by atoms with Gasteiger partial charge in [-0.3, -0.25) is 4.90 Å². The molecule has 2 rings (SSSR count). The predicted octanol–water partition coefficient (Wildman–Crippen LogP) is 3.47. The topological polar surface area (TPSA) is 26.6 Å². The van der Waals surface area contributed by atoms with Crippen molar-refractivity contribution in [2.75, 3.05) is 40.5 Å². The number of aromatic nitrogens is 1. The molecule has 1 heterocycles. The van der Waals surface area contributed by atoms with Crippen molar-refractivity contribution in [3.8, 4) is 5.69 Å². The van der Waals surface area contributed by atoms with E-state index in [9.17, 15) is 8.78 Å². The standard InChI is InChI=1S/C19H26F2N2O2/c1-14-11-16(13-22(7-9-24-3)8-10-25-4)15(2)23(14)19-6-5-17(20)12-18(19)21/h5-6,11-12H,7-10,13H2,1-4H3. The van der Waals surface area contributed by atoms with Crippen LogP contribution in [0.1, 0.15) is 17.0 Å². The molecule has 0 aliphatic carbocycles. The first-order valence-electron chi connectivity index (χ1n) is 8.31. The molecule has 25 heavy (non-hydrogen) atoms. The van der Waals surface area contributed by atoms with Gasteiger partial charge in [-0.1, -0.05) is 0 Å². The molecular weight excluding hydrogens is 326 g/mol. The third-order valence-corrected chi connectivity index (χ3v) is 4.30. The van der Waals surface area contributed by atoms with E-state index in [0.717, 1.165) is 42.7 Å². The zero-order chi connectivity index (χ0) is 18.4. The lowest BCUT2D eigenvalue weighted by Gasteiger charge is -2.21. The Hall–Kier alpha value is -1.76. The number of hydrogen-bond donors (Lipinski definition) is 0. The van der Waals surface area contributed by atoms with E-state index in [1.54, 1.807) is 14.2 Å². The van der Waals surface area contributed by atoms with Crippen molar-refractivity contribution in [2.45, 2.75) is 20.4 Å². The van der Waals surface area contributed by atoms with Gasteiger partial charge in [0.25, 0.3) is 0 Å². The van der Waals surface area contributed by atoms with Gasteiger partial charge in [-0.2, -0.15) is 0 Å². The molecule has 0 radical (unpaired) electrons. The van der Waals surface area contributed by atoms with Crippen molar-refractivity contribution >= 4 is 0 Å². The van der Waals surface area contributed by atoms with Crippen LogP contribution in [0.3, 0.4) is 0 Å². The number of aryl methyl sites for hydroxylation is 1. The molecule has 1 aromatic carbocycles. The van der Waals surface area contributed by atoms with Gasteiger partial charge in [0.1, 0.15) is 11.6 Å². The fourth-order valence-electron chi connectivity index (χ4n) is 2.97. The van der Waals surface area contributed by atoms with Crippen LogP contribution in [0.4, 0.5) is 8.78 Å². The monoisotopic (exact) mass is 352 g/mol. The molecular formula is C19H26F2N2O2. The summed E-state index contributed by atoms with van der Waals surface area (Å²) < 4.78 is 39.6. The molecule has 0 aliphatic rings. The summed E-state index contributed by atoms with van der Waals surface area (Å²) in [7, 11) is 3.36. The number of methoxy groups -OCH3 is 2. The Morgan fingerprint density at radius 2 is 1.64 bits per heavy atom. The van der Waals surface area contributed by atoms with Crippen LogP contribution in [-0.2, 0) is 16.0 Å². The van der Waals surface area contributed by atoms with Gasteiger partial charge in [0.05, 0.1) is 18.9 Å². The molecule has 0 saturated carbocycles. The van der Waals surface area contributed by atoms with Crippen LogP contribution >= 0.6 is 0 Å². The third kappa shape index (κ3) is 4.87. The lowest BCUT2D eigenvalue weighted by molar-refractivity contribution is 0.110. The van der Waals surface area contributed by atoms with Crippen molar-refractivity contribution in [1.29, 1.82) is 0 Å². The average molecular weight is 352 g/mol. The van der Waals surface area contributed by atoms with Crippen molar-refractivity contribution in [3.63, 3.8) is 0 Å². The SMILES string of the molecule is COCCN(CCOC)Cc1cc(C)n(-c2ccc(F)cc2F)c1C. The van der Waals surface area contributed by atoms with Crippen LogP contribution in [0.2, 0.25) is 0 Å². The Bertz CT molecular complexity index is 693. The van der Waals surface area contributed by atoms with E-state index in [1.165, 1.54) is 12.1 Å². The quantitative estimate of drug-likeness (QED) is 0.691. The van der Waals surface area contributed by atoms with Gasteiger partial charge in [0.15, 0.2) is 0 Å². The maximum Gasteiger partial charge on any atom is 0.150 e. The van der Waals surface area contributed by atoms with E-state index in [2.05, 4.69) is 4.90 Å². The molecule has 4 nitrogen and oxygen atoms in total. The molecule has 0 unspecified atom stereocenters. The normalized spacial score (nSPS) is 11.5. The highest BCUT2D eigenvalue weighted by Crippen LogP contribution is 2.24. The summed E-state index contributed by atoms with van der Waals surface area (Å²) in [5.74, 6) is -1.14. The smallest absolute Gasteiger partial charge is 0.150 e. The third-order valence-electron chi connectivity index (χ3n) is 4.30. The molecule has 0 saturated heterocycles. The van der Waals surface area contributed by atoms with Gasteiger partial charge in [0.2, 0.25) is 0 Å². The lowest BCUT2D eigenvalue weighted by atomic mass is 10.2. The first kappa shape index (κ1) is 19.6. The number of nitrogens with zero attached hydrogens (tertiary/aromatic N) is 2. The minimum Gasteiger partial charge on any atom is -0.383 e. The van der Waals surface area contributed by atoms with E-state index in [1.807, 2.05) is 24.5 Å². The molecule has 0 atom stereocenters. The van der Waals surface area contributed by atoms with Crippen LogP contribution in [0.5, 0.6) is 0 Å². The first-order chi connectivity index (χ1) is 12.0. The highest BCUT2D eigenvalue weighted by molar-refractivity contribution is 5.42. The number of hydrogen-bond acceptors (Lipinski definition) is 3. The van der Waals surface area contributed by atoms with Crippen LogP contribution < -0.4 is 0 Å². The zero-order valence-electron chi connectivity index (χ0n) is 15.3. The molecule has 0 aliphatic heterocycles. The second kappa shape index (κ2) is 9.08. The van der Waals surface area contributed by atoms with Gasteiger partial charge in [-0.25, -0.2) is 8.78 Å². The molecule has 138 valence electrons. The zero-order valence-corrected chi connectivity index (χ0v) is 15.3. The molecule has 0 spiro atoms. The first-order valence-corrected chi connectivity index (χ1v) is 8.31. The van der Waals surface area contributed by atoms with Crippen LogP contribution in [0.15, 0.2) is 24.3 Å². The largest absolute Gasteiger partial charge is 0.383 e. The highest BCUT2D eigenvalue weighted by Gasteiger charge is 2.16. The number of halogens is 2. The van der Waals surface area contributed by atoms with Gasteiger partial charge < -0.3 is 14.0 Å². The average Bonchev–Trinajstić information content (AvgIpc) is 2.84. The molecule has 1 aromatic heterocycles. The summed E-state index contributed by atoms with van der Waals surface area (Å²) in [5, 5.41) is 0. The van der Waals surface area contributed by atoms with E-state index < -0.39 is 11.6 Å². The van der Waals surface area contributed by atoms with Crippen LogP contribution in [0.25, 0.3) is 5.69 Å². The Balaban J connectivity index is 2.28. The number of ether oxygens (including phenoxy) is 2. The molecule has 6 heteroatoms. The van der Waals surface area contributed by atoms with E-state index >= 15 is 0 Å². The molecule has 2 aromatic rings. The number of rotatable bonds is 9. The molecule has 0 N–H and O–H groups in total. The maximum atomic E-state index is 14.2. The highest BCUT2D eigenvalue weighted by atomic mass is 19.1. The van der Waals surface area contributed by atoms with Gasteiger partial charge in [-0.15, -0.1) is 0 Å². The minimum atomic E-state index is -0.575. The summed E-state index contributed by atoms with van der Waals surface area (Å²) in [6.07, 6.45) is 0. The van der Waals surface area contributed by atoms with Crippen LogP contribution in [-0.4, -0.2) is 50.0 Å². The minimum absolute atomic E-state index is 0.364. The van der Waals surface area contributed by atoms with Gasteiger partial charge in [0, 0.05) is 51.3 Å². The predicted molar refractivity (Wildman–Crippen MR) is 94.2 cm³/mol. The number of benzene rings is 1. The van der Waals surface area contributed by atoms with E-state index in [4.69, 9.17) is 9.47 Å². The van der Waals surface area contributed by atoms with Gasteiger partial charge in [-0.05, 0) is 37.6 Å². The Morgan fingerprint density at radius 1 is 1.00 bits per heavy atom. The fraction of sp³-hybridized carbons (Fsp3) is 0.474. The summed E-state index contributed by atoms with van der Waals surface area (Å²) in [6.45, 7) is 7.44. The molecule has 0 amide bonds. The molecule has 0 bridgehead atoms. The van der Waals surface area contributed by atoms with E-state index in [0.29, 0.717) is 18.9 Å².